The topological polar surface area (TPSA) is 30.7 Å². The van der Waals surface area contributed by atoms with E-state index in [1.54, 1.807) is 12.3 Å². The van der Waals surface area contributed by atoms with Crippen LogP contribution in [0, 0.1) is 0 Å². The first-order valence-electron chi connectivity index (χ1n) is 4.89. The number of fused-ring (bicyclic) bond motifs is 1. The summed E-state index contributed by atoms with van der Waals surface area (Å²) in [4.78, 5) is 8.38. The molecule has 0 amide bonds. The van der Waals surface area contributed by atoms with Gasteiger partial charge in [0.1, 0.15) is 5.15 Å². The average molecular weight is 230 g/mol. The Kier molecular flexibility index (Phi) is 2.11. The fourth-order valence-corrected chi connectivity index (χ4v) is 1.83. The van der Waals surface area contributed by atoms with Gasteiger partial charge in [0.05, 0.1) is 5.52 Å². The Bertz CT molecular complexity index is 645. The minimum atomic E-state index is 0.447. The average Bonchev–Trinajstić information content (AvgIpc) is 2.72. The number of hydrogen-bond donors (Lipinski definition) is 0. The first kappa shape index (κ1) is 9.36. The first-order chi connectivity index (χ1) is 7.84. The van der Waals surface area contributed by atoms with Crippen LogP contribution >= 0.6 is 11.6 Å². The second-order valence-corrected chi connectivity index (χ2v) is 3.81. The van der Waals surface area contributed by atoms with Crippen LogP contribution < -0.4 is 0 Å². The summed E-state index contributed by atoms with van der Waals surface area (Å²) in [5.41, 5.74) is 1.07. The van der Waals surface area contributed by atoms with Gasteiger partial charge in [0, 0.05) is 17.8 Å². The van der Waals surface area contributed by atoms with E-state index in [2.05, 4.69) is 16.0 Å². The zero-order chi connectivity index (χ0) is 11.0. The highest BCUT2D eigenvalue weighted by Gasteiger charge is 2.04. The number of rotatable bonds is 1. The van der Waals surface area contributed by atoms with Crippen molar-refractivity contribution in [1.82, 2.24) is 14.5 Å². The van der Waals surface area contributed by atoms with E-state index >= 15 is 0 Å². The van der Waals surface area contributed by atoms with Gasteiger partial charge in [-0.3, -0.25) is 4.57 Å². The molecule has 78 valence electrons. The fourth-order valence-electron chi connectivity index (χ4n) is 1.70. The molecule has 0 aliphatic rings. The maximum Gasteiger partial charge on any atom is 0.235 e. The lowest BCUT2D eigenvalue weighted by molar-refractivity contribution is 0.962. The minimum Gasteiger partial charge on any atom is -0.285 e. The van der Waals surface area contributed by atoms with Gasteiger partial charge < -0.3 is 0 Å². The van der Waals surface area contributed by atoms with Crippen molar-refractivity contribution in [3.8, 4) is 5.95 Å². The van der Waals surface area contributed by atoms with Crippen molar-refractivity contribution in [3.05, 3.63) is 53.9 Å². The van der Waals surface area contributed by atoms with Gasteiger partial charge in [-0.1, -0.05) is 29.8 Å². The Morgan fingerprint density at radius 1 is 1.06 bits per heavy atom. The van der Waals surface area contributed by atoms with Gasteiger partial charge in [-0.05, 0) is 18.2 Å². The fraction of sp³-hybridized carbons (Fsp3) is 0. The maximum atomic E-state index is 5.85. The van der Waals surface area contributed by atoms with Gasteiger partial charge in [-0.2, -0.15) is 0 Å². The highest BCUT2D eigenvalue weighted by Crippen LogP contribution is 2.18. The van der Waals surface area contributed by atoms with Crippen molar-refractivity contribution in [3.63, 3.8) is 0 Å². The van der Waals surface area contributed by atoms with Gasteiger partial charge in [0.25, 0.3) is 0 Å². The third kappa shape index (κ3) is 1.46. The number of benzene rings is 1. The number of halogens is 1. The van der Waals surface area contributed by atoms with Crippen LogP contribution in [0.15, 0.2) is 48.8 Å². The Morgan fingerprint density at radius 3 is 2.81 bits per heavy atom. The molecule has 3 rings (SSSR count). The summed E-state index contributed by atoms with van der Waals surface area (Å²) in [7, 11) is 0. The van der Waals surface area contributed by atoms with Crippen LogP contribution in [-0.4, -0.2) is 14.5 Å². The van der Waals surface area contributed by atoms with Crippen molar-refractivity contribution >= 4 is 22.5 Å². The van der Waals surface area contributed by atoms with E-state index in [-0.39, 0.29) is 0 Å². The van der Waals surface area contributed by atoms with Crippen LogP contribution in [-0.2, 0) is 0 Å². The lowest BCUT2D eigenvalue weighted by Crippen LogP contribution is -1.98. The molecule has 0 N–H and O–H groups in total. The Labute approximate surface area is 97.3 Å². The Morgan fingerprint density at radius 2 is 1.94 bits per heavy atom. The summed E-state index contributed by atoms with van der Waals surface area (Å²) in [5, 5.41) is 1.61. The molecule has 2 aromatic heterocycles. The molecular weight excluding hydrogens is 222 g/mol. The Balaban J connectivity index is 2.26. The van der Waals surface area contributed by atoms with Crippen LogP contribution in [0.25, 0.3) is 16.9 Å². The molecule has 2 heterocycles. The molecule has 4 heteroatoms. The molecule has 16 heavy (non-hydrogen) atoms. The second-order valence-electron chi connectivity index (χ2n) is 3.42. The van der Waals surface area contributed by atoms with Crippen molar-refractivity contribution < 1.29 is 0 Å². The summed E-state index contributed by atoms with van der Waals surface area (Å²) in [6, 6.07) is 11.8. The summed E-state index contributed by atoms with van der Waals surface area (Å²) >= 11 is 5.85. The summed E-state index contributed by atoms with van der Waals surface area (Å²) in [5.74, 6) is 0.591. The standard InChI is InChI=1S/C12H8ClN3/c13-11-5-7-14-12(15-11)16-8-6-9-3-1-2-4-10(9)16/h1-8H. The molecule has 0 radical (unpaired) electrons. The highest BCUT2D eigenvalue weighted by molar-refractivity contribution is 6.29. The first-order valence-corrected chi connectivity index (χ1v) is 5.27. The molecule has 0 saturated heterocycles. The number of para-hydroxylation sites is 1. The van der Waals surface area contributed by atoms with Gasteiger partial charge in [-0.25, -0.2) is 9.97 Å². The normalized spacial score (nSPS) is 10.8. The quantitative estimate of drug-likeness (QED) is 0.601. The predicted octanol–water partition coefficient (Wildman–Crippen LogP) is 3.07. The molecule has 0 saturated carbocycles. The van der Waals surface area contributed by atoms with Gasteiger partial charge in [0.2, 0.25) is 5.95 Å². The summed E-state index contributed by atoms with van der Waals surface area (Å²) in [6.45, 7) is 0. The summed E-state index contributed by atoms with van der Waals surface area (Å²) < 4.78 is 1.92. The van der Waals surface area contributed by atoms with Crippen LogP contribution in [0.5, 0.6) is 0 Å². The van der Waals surface area contributed by atoms with Crippen LogP contribution in [0.4, 0.5) is 0 Å². The Hall–Kier alpha value is -1.87. The molecule has 3 aromatic rings. The molecule has 0 unspecified atom stereocenters. The van der Waals surface area contributed by atoms with Crippen molar-refractivity contribution in [2.24, 2.45) is 0 Å². The van der Waals surface area contributed by atoms with E-state index in [9.17, 15) is 0 Å². The van der Waals surface area contributed by atoms with Crippen molar-refractivity contribution in [2.45, 2.75) is 0 Å². The van der Waals surface area contributed by atoms with E-state index in [0.717, 1.165) is 10.9 Å². The minimum absolute atomic E-state index is 0.447. The molecule has 1 aromatic carbocycles. The number of hydrogen-bond acceptors (Lipinski definition) is 2. The molecule has 0 atom stereocenters. The van der Waals surface area contributed by atoms with Crippen LogP contribution in [0.2, 0.25) is 5.15 Å². The van der Waals surface area contributed by atoms with Gasteiger partial charge >= 0.3 is 0 Å². The lowest BCUT2D eigenvalue weighted by atomic mass is 10.2. The SMILES string of the molecule is Clc1ccnc(-n2ccc3ccccc32)n1. The van der Waals surface area contributed by atoms with Crippen LogP contribution in [0.1, 0.15) is 0 Å². The molecule has 3 nitrogen and oxygen atoms in total. The van der Waals surface area contributed by atoms with E-state index in [0.29, 0.717) is 11.1 Å². The molecule has 0 spiro atoms. The zero-order valence-corrected chi connectivity index (χ0v) is 9.09. The van der Waals surface area contributed by atoms with Gasteiger partial charge in [0.15, 0.2) is 0 Å². The third-order valence-electron chi connectivity index (χ3n) is 2.42. The molecule has 0 fully saturated rings. The van der Waals surface area contributed by atoms with E-state index < -0.39 is 0 Å². The molecule has 0 aliphatic carbocycles. The van der Waals surface area contributed by atoms with Crippen LogP contribution in [0.3, 0.4) is 0 Å². The van der Waals surface area contributed by atoms with Gasteiger partial charge in [-0.15, -0.1) is 0 Å². The maximum absolute atomic E-state index is 5.85. The molecule has 0 aliphatic heterocycles. The predicted molar refractivity (Wildman–Crippen MR) is 63.9 cm³/mol. The lowest BCUT2D eigenvalue weighted by Gasteiger charge is -2.02. The van der Waals surface area contributed by atoms with E-state index in [1.165, 1.54) is 0 Å². The highest BCUT2D eigenvalue weighted by atomic mass is 35.5. The number of aromatic nitrogens is 3. The van der Waals surface area contributed by atoms with Crippen molar-refractivity contribution in [2.75, 3.05) is 0 Å². The van der Waals surface area contributed by atoms with Crippen molar-refractivity contribution in [1.29, 1.82) is 0 Å². The molecule has 0 bridgehead atoms. The largest absolute Gasteiger partial charge is 0.285 e. The molecular formula is C12H8ClN3. The van der Waals surface area contributed by atoms with E-state index in [4.69, 9.17) is 11.6 Å². The van der Waals surface area contributed by atoms with E-state index in [1.807, 2.05) is 35.0 Å². The second kappa shape index (κ2) is 3.61. The monoisotopic (exact) mass is 229 g/mol. The number of nitrogens with zero attached hydrogens (tertiary/aromatic N) is 3. The summed E-state index contributed by atoms with van der Waals surface area (Å²) in [6.07, 6.45) is 3.59. The smallest absolute Gasteiger partial charge is 0.235 e. The third-order valence-corrected chi connectivity index (χ3v) is 2.63. The zero-order valence-electron chi connectivity index (χ0n) is 8.34.